The molecule has 0 saturated carbocycles. The number of rotatable bonds is 7. The fourth-order valence-electron chi connectivity index (χ4n) is 2.76. The smallest absolute Gasteiger partial charge is 0.262 e. The molecule has 1 aromatic carbocycles. The second-order valence-electron chi connectivity index (χ2n) is 6.19. The summed E-state index contributed by atoms with van der Waals surface area (Å²) < 4.78 is 5.01. The van der Waals surface area contributed by atoms with E-state index in [1.807, 2.05) is 30.3 Å². The van der Waals surface area contributed by atoms with Gasteiger partial charge in [0.05, 0.1) is 6.61 Å². The Hall–Kier alpha value is -2.74. The van der Waals surface area contributed by atoms with Crippen LogP contribution in [-0.4, -0.2) is 37.1 Å². The van der Waals surface area contributed by atoms with Gasteiger partial charge in [-0.3, -0.25) is 9.59 Å². The molecule has 8 heteroatoms. The lowest BCUT2D eigenvalue weighted by molar-refractivity contribution is -0.114. The summed E-state index contributed by atoms with van der Waals surface area (Å²) in [6.07, 6.45) is 1.62. The fourth-order valence-corrected chi connectivity index (χ4v) is 4.08. The molecule has 2 N–H and O–H groups in total. The molecule has 0 fully saturated rings. The zero-order valence-electron chi connectivity index (χ0n) is 16.0. The summed E-state index contributed by atoms with van der Waals surface area (Å²) in [5.74, 6) is 0.0638. The van der Waals surface area contributed by atoms with Gasteiger partial charge >= 0.3 is 0 Å². The Labute approximate surface area is 177 Å². The van der Waals surface area contributed by atoms with Crippen LogP contribution >= 0.6 is 22.9 Å². The molecule has 0 aliphatic heterocycles. The number of aromatic nitrogens is 1. The van der Waals surface area contributed by atoms with Gasteiger partial charge in [0.2, 0.25) is 5.91 Å². The Morgan fingerprint density at radius 1 is 1.17 bits per heavy atom. The van der Waals surface area contributed by atoms with Crippen LogP contribution in [0.15, 0.2) is 48.7 Å². The fraction of sp³-hybridized carbons (Fsp3) is 0.190. The van der Waals surface area contributed by atoms with Crippen molar-refractivity contribution in [3.8, 4) is 21.6 Å². The lowest BCUT2D eigenvalue weighted by atomic mass is 10.0. The van der Waals surface area contributed by atoms with E-state index in [1.54, 1.807) is 25.4 Å². The van der Waals surface area contributed by atoms with Gasteiger partial charge in [-0.2, -0.15) is 0 Å². The van der Waals surface area contributed by atoms with Gasteiger partial charge in [-0.1, -0.05) is 29.8 Å². The molecule has 0 unspecified atom stereocenters. The summed E-state index contributed by atoms with van der Waals surface area (Å²) >= 11 is 7.75. The average molecular weight is 430 g/mol. The van der Waals surface area contributed by atoms with Gasteiger partial charge in [0, 0.05) is 47.8 Å². The number of pyridine rings is 1. The maximum atomic E-state index is 12.8. The van der Waals surface area contributed by atoms with Crippen molar-refractivity contribution in [1.82, 2.24) is 10.3 Å². The van der Waals surface area contributed by atoms with Crippen molar-refractivity contribution in [2.24, 2.45) is 0 Å². The van der Waals surface area contributed by atoms with Gasteiger partial charge in [0.1, 0.15) is 10.7 Å². The molecule has 29 heavy (non-hydrogen) atoms. The van der Waals surface area contributed by atoms with Crippen LogP contribution in [0.4, 0.5) is 5.82 Å². The lowest BCUT2D eigenvalue weighted by Gasteiger charge is -2.07. The molecule has 2 aromatic heterocycles. The molecule has 0 radical (unpaired) electrons. The van der Waals surface area contributed by atoms with Gasteiger partial charge in [-0.25, -0.2) is 4.98 Å². The van der Waals surface area contributed by atoms with Crippen molar-refractivity contribution in [3.63, 3.8) is 0 Å². The Morgan fingerprint density at radius 3 is 2.69 bits per heavy atom. The van der Waals surface area contributed by atoms with Crippen LogP contribution in [0, 0.1) is 0 Å². The van der Waals surface area contributed by atoms with Gasteiger partial charge < -0.3 is 15.4 Å². The number of hydrogen-bond acceptors (Lipinski definition) is 5. The maximum Gasteiger partial charge on any atom is 0.262 e. The highest BCUT2D eigenvalue weighted by Gasteiger charge is 2.20. The number of nitrogens with one attached hydrogen (secondary N) is 2. The molecule has 150 valence electrons. The number of thiophene rings is 1. The number of ether oxygens (including phenoxy) is 1. The second-order valence-corrected chi connectivity index (χ2v) is 7.65. The van der Waals surface area contributed by atoms with Crippen LogP contribution in [0.3, 0.4) is 0 Å². The Bertz CT molecular complexity index is 1040. The van der Waals surface area contributed by atoms with Crippen molar-refractivity contribution in [2.45, 2.75) is 6.92 Å². The minimum absolute atomic E-state index is 0.190. The highest BCUT2D eigenvalue weighted by atomic mass is 35.5. The number of carbonyl (C=O) groups is 2. The van der Waals surface area contributed by atoms with Gasteiger partial charge in [0.25, 0.3) is 5.91 Å². The summed E-state index contributed by atoms with van der Waals surface area (Å²) in [6, 6.07) is 12.9. The third-order valence-corrected chi connectivity index (χ3v) is 5.56. The van der Waals surface area contributed by atoms with Gasteiger partial charge in [-0.05, 0) is 29.8 Å². The molecule has 0 aliphatic carbocycles. The molecule has 0 spiro atoms. The molecule has 3 aromatic rings. The van der Waals surface area contributed by atoms with Crippen molar-refractivity contribution >= 4 is 40.6 Å². The molecule has 0 saturated heterocycles. The van der Waals surface area contributed by atoms with E-state index in [0.717, 1.165) is 21.6 Å². The van der Waals surface area contributed by atoms with Crippen LogP contribution in [0.2, 0.25) is 5.02 Å². The average Bonchev–Trinajstić information content (AvgIpc) is 3.13. The van der Waals surface area contributed by atoms with Crippen LogP contribution in [-0.2, 0) is 9.53 Å². The number of nitrogens with zero attached hydrogens (tertiary/aromatic N) is 1. The summed E-state index contributed by atoms with van der Waals surface area (Å²) in [5, 5.41) is 6.11. The normalized spacial score (nSPS) is 10.6. The first kappa shape index (κ1) is 21.0. The maximum absolute atomic E-state index is 12.8. The molecular weight excluding hydrogens is 410 g/mol. The van der Waals surface area contributed by atoms with Crippen molar-refractivity contribution < 1.29 is 14.3 Å². The topological polar surface area (TPSA) is 80.3 Å². The van der Waals surface area contributed by atoms with Crippen molar-refractivity contribution in [1.29, 1.82) is 0 Å². The molecular formula is C21H20ClN3O3S. The third-order valence-electron chi connectivity index (χ3n) is 4.04. The van der Waals surface area contributed by atoms with Crippen LogP contribution in [0.5, 0.6) is 0 Å². The SMILES string of the molecule is COCCNC(=O)c1sc(-c2ccnc(NC(C)=O)c2)cc1-c1ccccc1Cl. The number of amides is 2. The van der Waals surface area contributed by atoms with Crippen LogP contribution in [0.25, 0.3) is 21.6 Å². The highest BCUT2D eigenvalue weighted by molar-refractivity contribution is 7.18. The molecule has 6 nitrogen and oxygen atoms in total. The van der Waals surface area contributed by atoms with E-state index in [4.69, 9.17) is 16.3 Å². The predicted molar refractivity (Wildman–Crippen MR) is 117 cm³/mol. The Morgan fingerprint density at radius 2 is 1.97 bits per heavy atom. The van der Waals surface area contributed by atoms with E-state index in [0.29, 0.717) is 28.9 Å². The van der Waals surface area contributed by atoms with Gasteiger partial charge in [-0.15, -0.1) is 11.3 Å². The number of benzene rings is 1. The minimum Gasteiger partial charge on any atom is -0.383 e. The van der Waals surface area contributed by atoms with E-state index in [9.17, 15) is 9.59 Å². The van der Waals surface area contributed by atoms with E-state index in [-0.39, 0.29) is 11.8 Å². The number of anilines is 1. The molecule has 2 heterocycles. The van der Waals surface area contributed by atoms with Crippen LogP contribution < -0.4 is 10.6 Å². The summed E-state index contributed by atoms with van der Waals surface area (Å²) in [5.41, 5.74) is 2.38. The number of carbonyl (C=O) groups excluding carboxylic acids is 2. The summed E-state index contributed by atoms with van der Waals surface area (Å²) in [6.45, 7) is 2.26. The zero-order chi connectivity index (χ0) is 20.8. The number of methoxy groups -OCH3 is 1. The molecule has 0 atom stereocenters. The predicted octanol–water partition coefficient (Wildman–Crippen LogP) is 4.47. The van der Waals surface area contributed by atoms with Gasteiger partial charge in [0.15, 0.2) is 0 Å². The minimum atomic E-state index is -0.198. The van der Waals surface area contributed by atoms with E-state index < -0.39 is 0 Å². The zero-order valence-corrected chi connectivity index (χ0v) is 17.6. The van der Waals surface area contributed by atoms with Crippen molar-refractivity contribution in [2.75, 3.05) is 25.6 Å². The van der Waals surface area contributed by atoms with Crippen molar-refractivity contribution in [3.05, 3.63) is 58.6 Å². The van der Waals surface area contributed by atoms with E-state index in [2.05, 4.69) is 15.6 Å². The summed E-state index contributed by atoms with van der Waals surface area (Å²) in [4.78, 5) is 29.7. The Kier molecular flexibility index (Phi) is 6.98. The lowest BCUT2D eigenvalue weighted by Crippen LogP contribution is -2.26. The van der Waals surface area contributed by atoms with E-state index in [1.165, 1.54) is 18.3 Å². The Balaban J connectivity index is 2.04. The molecule has 0 aliphatic rings. The summed E-state index contributed by atoms with van der Waals surface area (Å²) in [7, 11) is 1.58. The highest BCUT2D eigenvalue weighted by Crippen LogP contribution is 2.40. The first-order valence-electron chi connectivity index (χ1n) is 8.89. The quantitative estimate of drug-likeness (QED) is 0.543. The molecule has 2 amide bonds. The first-order chi connectivity index (χ1) is 14.0. The largest absolute Gasteiger partial charge is 0.383 e. The van der Waals surface area contributed by atoms with Crippen LogP contribution in [0.1, 0.15) is 16.6 Å². The number of hydrogen-bond donors (Lipinski definition) is 2. The molecule has 0 bridgehead atoms. The second kappa shape index (κ2) is 9.65. The van der Waals surface area contributed by atoms with E-state index >= 15 is 0 Å². The number of halogens is 1. The standard InChI is InChI=1S/C21H20ClN3O3S/c1-13(26)25-19-11-14(7-8-23-19)18-12-16(15-5-3-4-6-17(15)22)20(29-18)21(27)24-9-10-28-2/h3-8,11-12H,9-10H2,1-2H3,(H,24,27)(H,23,25,26). The molecule has 3 rings (SSSR count). The monoisotopic (exact) mass is 429 g/mol. The first-order valence-corrected chi connectivity index (χ1v) is 10.1. The third kappa shape index (κ3) is 5.20.